The van der Waals surface area contributed by atoms with Crippen molar-refractivity contribution in [3.8, 4) is 24.2 Å². The maximum absolute atomic E-state index is 5.24. The second-order valence-corrected chi connectivity index (χ2v) is 6.41. The van der Waals surface area contributed by atoms with E-state index >= 15 is 0 Å². The fraction of sp³-hybridized carbons (Fsp3) is 0.526. The molecule has 0 saturated heterocycles. The Hall–Kier alpha value is -1.25. The molecule has 1 rings (SSSR count). The van der Waals surface area contributed by atoms with Crippen LogP contribution in [0.15, 0.2) is 24.4 Å². The molecule has 0 spiro atoms. The van der Waals surface area contributed by atoms with Crippen LogP contribution in [0.5, 0.6) is 0 Å². The Morgan fingerprint density at radius 2 is 1.76 bits per heavy atom. The van der Waals surface area contributed by atoms with Gasteiger partial charge in [0.1, 0.15) is 0 Å². The molecule has 0 fully saturated rings. The molecule has 1 atom stereocenters. The lowest BCUT2D eigenvalue weighted by Gasteiger charge is -2.06. The van der Waals surface area contributed by atoms with E-state index in [2.05, 4.69) is 44.7 Å². The highest BCUT2D eigenvalue weighted by Crippen LogP contribution is 2.16. The summed E-state index contributed by atoms with van der Waals surface area (Å²) in [5.41, 5.74) is 1.16. The quantitative estimate of drug-likeness (QED) is 0.343. The largest absolute Gasteiger partial charge is 0.261 e. The molecule has 0 saturated carbocycles. The van der Waals surface area contributed by atoms with Gasteiger partial charge in [0, 0.05) is 36.0 Å². The van der Waals surface area contributed by atoms with Crippen LogP contribution in [-0.2, 0) is 6.42 Å². The first-order valence-electron chi connectivity index (χ1n) is 7.76. The van der Waals surface area contributed by atoms with Crippen LogP contribution in [0.25, 0.3) is 0 Å². The third-order valence-electron chi connectivity index (χ3n) is 3.24. The average Bonchev–Trinajstić information content (AvgIpc) is 2.51. The monoisotopic (exact) mass is 345 g/mol. The predicted octanol–water partition coefficient (Wildman–Crippen LogP) is 5.15. The minimum absolute atomic E-state index is 0.594. The highest BCUT2D eigenvalue weighted by Gasteiger charge is 2.02. The number of rotatable bonds is 9. The van der Waals surface area contributed by atoms with E-state index in [1.807, 2.05) is 18.3 Å². The van der Waals surface area contributed by atoms with E-state index in [1.165, 1.54) is 19.3 Å². The van der Waals surface area contributed by atoms with Crippen LogP contribution in [0.2, 0.25) is 0 Å². The summed E-state index contributed by atoms with van der Waals surface area (Å²) in [5.74, 6) is 9.22. The first-order valence-corrected chi connectivity index (χ1v) is 8.67. The molecule has 0 bridgehead atoms. The van der Waals surface area contributed by atoms with Gasteiger partial charge in [0.2, 0.25) is 0 Å². The molecule has 0 N–H and O–H groups in total. The summed E-state index contributed by atoms with van der Waals surface area (Å²) in [5, 5.41) is 0. The molecule has 0 amide bonds. The molecular weight excluding hydrogens is 322 g/mol. The number of aromatic nitrogens is 1. The second-order valence-electron chi connectivity index (χ2n) is 5.11. The van der Waals surface area contributed by atoms with Crippen LogP contribution in [0.1, 0.15) is 57.1 Å². The van der Waals surface area contributed by atoms with Gasteiger partial charge in [0.25, 0.3) is 0 Å². The second kappa shape index (κ2) is 12.5. The molecule has 1 aromatic heterocycles. The van der Waals surface area contributed by atoms with Crippen molar-refractivity contribution in [2.45, 2.75) is 62.6 Å². The zero-order valence-corrected chi connectivity index (χ0v) is 14.2. The first-order chi connectivity index (χ1) is 10.3. The molecule has 0 radical (unpaired) electrons. The Morgan fingerprint density at radius 1 is 1.05 bits per heavy atom. The van der Waals surface area contributed by atoms with E-state index in [0.717, 1.165) is 44.2 Å². The van der Waals surface area contributed by atoms with E-state index in [1.54, 1.807) is 0 Å². The zero-order chi connectivity index (χ0) is 15.2. The van der Waals surface area contributed by atoms with Gasteiger partial charge in [-0.05, 0) is 50.7 Å². The smallest absolute Gasteiger partial charge is 0.0403 e. The number of nitrogens with zero attached hydrogens (tertiary/aromatic N) is 1. The topological polar surface area (TPSA) is 12.9 Å². The van der Waals surface area contributed by atoms with Crippen molar-refractivity contribution in [3.63, 3.8) is 0 Å². The number of unbranched alkanes of at least 4 members (excludes halogenated alkanes) is 3. The van der Waals surface area contributed by atoms with E-state index in [9.17, 15) is 0 Å². The Kier molecular flexibility index (Phi) is 10.6. The van der Waals surface area contributed by atoms with Crippen molar-refractivity contribution in [2.24, 2.45) is 0 Å². The lowest BCUT2D eigenvalue weighted by Crippen LogP contribution is -1.96. The SMILES string of the molecule is C#CCCCC(Br)CCCC#CCCCc1ccccn1. The summed E-state index contributed by atoms with van der Waals surface area (Å²) < 4.78 is 0. The van der Waals surface area contributed by atoms with Crippen molar-refractivity contribution in [2.75, 3.05) is 0 Å². The lowest BCUT2D eigenvalue weighted by molar-refractivity contribution is 0.651. The van der Waals surface area contributed by atoms with E-state index < -0.39 is 0 Å². The molecule has 1 nitrogen and oxygen atoms in total. The molecule has 1 heterocycles. The fourth-order valence-corrected chi connectivity index (χ4v) is 2.71. The molecule has 2 heteroatoms. The Balaban J connectivity index is 1.97. The number of aryl methyl sites for hydroxylation is 1. The number of pyridine rings is 1. The molecule has 1 unspecified atom stereocenters. The predicted molar refractivity (Wildman–Crippen MR) is 94.2 cm³/mol. The normalized spacial score (nSPS) is 11.2. The van der Waals surface area contributed by atoms with Gasteiger partial charge < -0.3 is 0 Å². The van der Waals surface area contributed by atoms with Gasteiger partial charge in [-0.25, -0.2) is 0 Å². The highest BCUT2D eigenvalue weighted by atomic mass is 79.9. The highest BCUT2D eigenvalue weighted by molar-refractivity contribution is 9.09. The van der Waals surface area contributed by atoms with E-state index in [0.29, 0.717) is 4.83 Å². The standard InChI is InChI=1S/C19H24BrN/c1-2-3-8-13-18(20)14-9-6-4-5-7-10-15-19-16-11-12-17-21-19/h1,11-12,16-18H,3,6-10,13-15H2. The maximum Gasteiger partial charge on any atom is 0.0403 e. The van der Waals surface area contributed by atoms with Gasteiger partial charge in [-0.3, -0.25) is 4.98 Å². The number of halogens is 1. The van der Waals surface area contributed by atoms with Gasteiger partial charge in [-0.15, -0.1) is 24.2 Å². The average molecular weight is 346 g/mol. The van der Waals surface area contributed by atoms with E-state index in [4.69, 9.17) is 6.42 Å². The van der Waals surface area contributed by atoms with Crippen LogP contribution in [0, 0.1) is 24.2 Å². The summed E-state index contributed by atoms with van der Waals surface area (Å²) in [4.78, 5) is 4.90. The molecule has 112 valence electrons. The van der Waals surface area contributed by atoms with Crippen molar-refractivity contribution in [1.29, 1.82) is 0 Å². The fourth-order valence-electron chi connectivity index (χ4n) is 2.06. The van der Waals surface area contributed by atoms with Gasteiger partial charge in [0.15, 0.2) is 0 Å². The summed E-state index contributed by atoms with van der Waals surface area (Å²) in [6.45, 7) is 0. The molecule has 0 aliphatic rings. The maximum atomic E-state index is 5.24. The minimum atomic E-state index is 0.594. The third-order valence-corrected chi connectivity index (χ3v) is 4.16. The zero-order valence-electron chi connectivity index (χ0n) is 12.7. The Bertz CT molecular complexity index is 464. The lowest BCUT2D eigenvalue weighted by atomic mass is 10.1. The molecular formula is C19H24BrN. The van der Waals surface area contributed by atoms with Crippen molar-refractivity contribution in [1.82, 2.24) is 4.98 Å². The van der Waals surface area contributed by atoms with E-state index in [-0.39, 0.29) is 0 Å². The Morgan fingerprint density at radius 3 is 2.43 bits per heavy atom. The summed E-state index contributed by atoms with van der Waals surface area (Å²) in [7, 11) is 0. The number of alkyl halides is 1. The van der Waals surface area contributed by atoms with Crippen LogP contribution in [0.3, 0.4) is 0 Å². The molecule has 0 aromatic carbocycles. The summed E-state index contributed by atoms with van der Waals surface area (Å²) in [6, 6.07) is 6.06. The summed E-state index contributed by atoms with van der Waals surface area (Å²) >= 11 is 3.70. The van der Waals surface area contributed by atoms with Crippen LogP contribution in [0.4, 0.5) is 0 Å². The molecule has 0 aliphatic carbocycles. The number of hydrogen-bond acceptors (Lipinski definition) is 1. The van der Waals surface area contributed by atoms with Crippen LogP contribution < -0.4 is 0 Å². The van der Waals surface area contributed by atoms with Gasteiger partial charge in [-0.1, -0.05) is 22.0 Å². The van der Waals surface area contributed by atoms with Crippen LogP contribution >= 0.6 is 15.9 Å². The number of terminal acetylenes is 1. The van der Waals surface area contributed by atoms with Crippen molar-refractivity contribution in [3.05, 3.63) is 30.1 Å². The van der Waals surface area contributed by atoms with Crippen molar-refractivity contribution < 1.29 is 0 Å². The molecule has 0 aliphatic heterocycles. The van der Waals surface area contributed by atoms with Gasteiger partial charge >= 0.3 is 0 Å². The first kappa shape index (κ1) is 17.8. The van der Waals surface area contributed by atoms with Gasteiger partial charge in [0.05, 0.1) is 0 Å². The van der Waals surface area contributed by atoms with Crippen LogP contribution in [-0.4, -0.2) is 9.81 Å². The third kappa shape index (κ3) is 10.2. The minimum Gasteiger partial charge on any atom is -0.261 e. The molecule has 1 aromatic rings. The van der Waals surface area contributed by atoms with Gasteiger partial charge in [-0.2, -0.15) is 0 Å². The summed E-state index contributed by atoms with van der Waals surface area (Å²) in [6.07, 6.45) is 16.7. The Labute approximate surface area is 138 Å². The number of hydrogen-bond donors (Lipinski definition) is 0. The van der Waals surface area contributed by atoms with Crippen molar-refractivity contribution >= 4 is 15.9 Å². The molecule has 21 heavy (non-hydrogen) atoms.